The van der Waals surface area contributed by atoms with Crippen LogP contribution in [0.1, 0.15) is 12.8 Å². The SMILES string of the molecule is COCO[C@H](CCSc1ccccc1)C[C@H]1CO1. The molecule has 0 spiro atoms. The first kappa shape index (κ1) is 13.9. The van der Waals surface area contributed by atoms with Crippen molar-refractivity contribution >= 4 is 11.8 Å². The average Bonchev–Trinajstić information content (AvgIpc) is 3.21. The molecule has 0 aromatic heterocycles. The van der Waals surface area contributed by atoms with Gasteiger partial charge in [0.25, 0.3) is 0 Å². The van der Waals surface area contributed by atoms with Gasteiger partial charge in [0, 0.05) is 24.2 Å². The maximum Gasteiger partial charge on any atom is 0.146 e. The minimum Gasteiger partial charge on any atom is -0.373 e. The Morgan fingerprint density at radius 1 is 1.39 bits per heavy atom. The van der Waals surface area contributed by atoms with Gasteiger partial charge in [-0.05, 0) is 18.6 Å². The van der Waals surface area contributed by atoms with Crippen LogP contribution in [0.2, 0.25) is 0 Å². The zero-order valence-corrected chi connectivity index (χ0v) is 11.5. The van der Waals surface area contributed by atoms with Crippen LogP contribution in [0.5, 0.6) is 0 Å². The quantitative estimate of drug-likeness (QED) is 0.391. The molecule has 100 valence electrons. The van der Waals surface area contributed by atoms with Gasteiger partial charge in [0.15, 0.2) is 0 Å². The second-order valence-corrected chi connectivity index (χ2v) is 5.50. The van der Waals surface area contributed by atoms with E-state index in [1.54, 1.807) is 7.11 Å². The molecule has 1 heterocycles. The number of hydrogen-bond acceptors (Lipinski definition) is 4. The summed E-state index contributed by atoms with van der Waals surface area (Å²) in [7, 11) is 1.66. The van der Waals surface area contributed by atoms with Crippen molar-refractivity contribution < 1.29 is 14.2 Å². The van der Waals surface area contributed by atoms with E-state index in [0.29, 0.717) is 12.9 Å². The molecule has 1 aliphatic heterocycles. The topological polar surface area (TPSA) is 31.0 Å². The summed E-state index contributed by atoms with van der Waals surface area (Å²) in [5.74, 6) is 1.06. The second kappa shape index (κ2) is 7.79. The molecule has 0 unspecified atom stereocenters. The summed E-state index contributed by atoms with van der Waals surface area (Å²) in [4.78, 5) is 1.31. The number of benzene rings is 1. The third-order valence-electron chi connectivity index (χ3n) is 2.80. The van der Waals surface area contributed by atoms with E-state index in [1.165, 1.54) is 4.90 Å². The molecule has 3 nitrogen and oxygen atoms in total. The van der Waals surface area contributed by atoms with Gasteiger partial charge in [0.2, 0.25) is 0 Å². The lowest BCUT2D eigenvalue weighted by atomic mass is 10.1. The number of thioether (sulfide) groups is 1. The highest BCUT2D eigenvalue weighted by atomic mass is 32.2. The van der Waals surface area contributed by atoms with Crippen LogP contribution in [0.25, 0.3) is 0 Å². The molecule has 1 fully saturated rings. The zero-order valence-electron chi connectivity index (χ0n) is 10.7. The van der Waals surface area contributed by atoms with Crippen molar-refractivity contribution in [1.29, 1.82) is 0 Å². The molecule has 2 atom stereocenters. The fourth-order valence-corrected chi connectivity index (χ4v) is 2.72. The molecule has 0 bridgehead atoms. The molecule has 0 amide bonds. The van der Waals surface area contributed by atoms with E-state index in [1.807, 2.05) is 17.8 Å². The Bertz CT molecular complexity index is 327. The van der Waals surface area contributed by atoms with Crippen LogP contribution in [0.4, 0.5) is 0 Å². The molecular formula is C14H20O3S. The Kier molecular flexibility index (Phi) is 6.00. The molecule has 0 saturated carbocycles. The number of rotatable bonds is 9. The molecule has 18 heavy (non-hydrogen) atoms. The average molecular weight is 268 g/mol. The summed E-state index contributed by atoms with van der Waals surface area (Å²) in [5, 5.41) is 0. The van der Waals surface area contributed by atoms with Gasteiger partial charge in [0.1, 0.15) is 6.79 Å². The van der Waals surface area contributed by atoms with Gasteiger partial charge >= 0.3 is 0 Å². The molecule has 0 N–H and O–H groups in total. The summed E-state index contributed by atoms with van der Waals surface area (Å²) in [6, 6.07) is 10.5. The van der Waals surface area contributed by atoms with Crippen LogP contribution in [-0.4, -0.2) is 38.5 Å². The zero-order chi connectivity index (χ0) is 12.6. The van der Waals surface area contributed by atoms with Crippen LogP contribution in [0.3, 0.4) is 0 Å². The van der Waals surface area contributed by atoms with Gasteiger partial charge in [0.05, 0.1) is 18.8 Å². The Balaban J connectivity index is 1.67. The van der Waals surface area contributed by atoms with E-state index in [2.05, 4.69) is 24.3 Å². The van der Waals surface area contributed by atoms with Crippen molar-refractivity contribution in [2.45, 2.75) is 29.9 Å². The molecule has 1 aromatic carbocycles. The Hall–Kier alpha value is -0.550. The van der Waals surface area contributed by atoms with Crippen LogP contribution in [-0.2, 0) is 14.2 Å². The summed E-state index contributed by atoms with van der Waals surface area (Å²) in [6.07, 6.45) is 2.67. The second-order valence-electron chi connectivity index (χ2n) is 4.34. The minimum atomic E-state index is 0.244. The molecule has 1 aliphatic rings. The highest BCUT2D eigenvalue weighted by Crippen LogP contribution is 2.23. The van der Waals surface area contributed by atoms with E-state index in [0.717, 1.165) is 25.2 Å². The van der Waals surface area contributed by atoms with Gasteiger partial charge in [-0.1, -0.05) is 18.2 Å². The number of ether oxygens (including phenoxy) is 3. The first-order valence-electron chi connectivity index (χ1n) is 6.28. The lowest BCUT2D eigenvalue weighted by molar-refractivity contribution is -0.0761. The maximum atomic E-state index is 5.66. The molecule has 1 saturated heterocycles. The third-order valence-corrected chi connectivity index (χ3v) is 3.85. The van der Waals surface area contributed by atoms with Crippen molar-refractivity contribution in [3.63, 3.8) is 0 Å². The number of methoxy groups -OCH3 is 1. The predicted octanol–water partition coefficient (Wildman–Crippen LogP) is 2.95. The van der Waals surface area contributed by atoms with E-state index in [4.69, 9.17) is 14.2 Å². The molecule has 0 aliphatic carbocycles. The minimum absolute atomic E-state index is 0.244. The number of hydrogen-bond donors (Lipinski definition) is 0. The lowest BCUT2D eigenvalue weighted by Gasteiger charge is -2.16. The van der Waals surface area contributed by atoms with Crippen molar-refractivity contribution in [2.24, 2.45) is 0 Å². The largest absolute Gasteiger partial charge is 0.373 e. The number of epoxide rings is 1. The Morgan fingerprint density at radius 3 is 2.83 bits per heavy atom. The van der Waals surface area contributed by atoms with Crippen LogP contribution in [0, 0.1) is 0 Å². The highest BCUT2D eigenvalue weighted by Gasteiger charge is 2.26. The van der Waals surface area contributed by atoms with Gasteiger partial charge in [-0.3, -0.25) is 0 Å². The highest BCUT2D eigenvalue weighted by molar-refractivity contribution is 7.99. The smallest absolute Gasteiger partial charge is 0.146 e. The Labute approximate surface area is 113 Å². The van der Waals surface area contributed by atoms with Crippen LogP contribution >= 0.6 is 11.8 Å². The predicted molar refractivity (Wildman–Crippen MR) is 72.9 cm³/mol. The van der Waals surface area contributed by atoms with Crippen LogP contribution < -0.4 is 0 Å². The van der Waals surface area contributed by atoms with Crippen molar-refractivity contribution in [1.82, 2.24) is 0 Å². The molecular weight excluding hydrogens is 248 g/mol. The van der Waals surface area contributed by atoms with E-state index >= 15 is 0 Å². The maximum absolute atomic E-state index is 5.66. The molecule has 0 radical (unpaired) electrons. The molecule has 1 aromatic rings. The van der Waals surface area contributed by atoms with Gasteiger partial charge < -0.3 is 14.2 Å². The fraction of sp³-hybridized carbons (Fsp3) is 0.571. The monoisotopic (exact) mass is 268 g/mol. The summed E-state index contributed by atoms with van der Waals surface area (Å²) >= 11 is 1.87. The van der Waals surface area contributed by atoms with Crippen LogP contribution in [0.15, 0.2) is 35.2 Å². The van der Waals surface area contributed by atoms with E-state index in [-0.39, 0.29) is 6.10 Å². The third kappa shape index (κ3) is 5.40. The van der Waals surface area contributed by atoms with Gasteiger partial charge in [-0.25, -0.2) is 0 Å². The molecule has 2 rings (SSSR count). The van der Waals surface area contributed by atoms with E-state index in [9.17, 15) is 0 Å². The first-order valence-corrected chi connectivity index (χ1v) is 7.27. The first-order chi connectivity index (χ1) is 8.88. The van der Waals surface area contributed by atoms with Crippen molar-refractivity contribution in [2.75, 3.05) is 26.3 Å². The fourth-order valence-electron chi connectivity index (χ4n) is 1.76. The van der Waals surface area contributed by atoms with E-state index < -0.39 is 0 Å². The van der Waals surface area contributed by atoms with Crippen molar-refractivity contribution in [3.8, 4) is 0 Å². The van der Waals surface area contributed by atoms with Gasteiger partial charge in [-0.2, -0.15) is 0 Å². The standard InChI is InChI=1S/C14H20O3S/c1-15-11-17-12(9-13-10-16-13)7-8-18-14-5-3-2-4-6-14/h2-6,12-13H,7-11H2,1H3/t12-,13+/m1/s1. The Morgan fingerprint density at radius 2 is 2.17 bits per heavy atom. The molecule has 4 heteroatoms. The summed E-state index contributed by atoms with van der Waals surface area (Å²) in [6.45, 7) is 1.26. The summed E-state index contributed by atoms with van der Waals surface area (Å²) in [5.41, 5.74) is 0. The van der Waals surface area contributed by atoms with Gasteiger partial charge in [-0.15, -0.1) is 11.8 Å². The van der Waals surface area contributed by atoms with Crippen molar-refractivity contribution in [3.05, 3.63) is 30.3 Å². The lowest BCUT2D eigenvalue weighted by Crippen LogP contribution is -2.18. The summed E-state index contributed by atoms with van der Waals surface area (Å²) < 4.78 is 15.9. The normalized spacial score (nSPS) is 19.7.